The minimum absolute atomic E-state index is 0. The molecular formula is C112H116ClN13O5. The highest BCUT2D eigenvalue weighted by Gasteiger charge is 2.37. The largest absolute Gasteiger partial charge is 0.444 e. The third-order valence-corrected chi connectivity index (χ3v) is 23.9. The second-order valence-electron chi connectivity index (χ2n) is 35.4. The Morgan fingerprint density at radius 2 is 0.695 bits per heavy atom. The van der Waals surface area contributed by atoms with Crippen molar-refractivity contribution in [2.75, 3.05) is 35.6 Å². The lowest BCUT2D eigenvalue weighted by molar-refractivity contribution is 0.0179. The first-order valence-corrected chi connectivity index (χ1v) is 45.6. The Kier molecular flexibility index (Phi) is 29.9. The van der Waals surface area contributed by atoms with Crippen LogP contribution in [0.3, 0.4) is 0 Å². The molecule has 18 rings (SSSR count). The predicted octanol–water partition coefficient (Wildman–Crippen LogP) is 24.2. The molecule has 0 radical (unpaired) electrons. The van der Waals surface area contributed by atoms with Gasteiger partial charge in [0.25, 0.3) is 17.7 Å². The summed E-state index contributed by atoms with van der Waals surface area (Å²) in [4.78, 5) is 56.6. The highest BCUT2D eigenvalue weighted by molar-refractivity contribution is 6.05. The van der Waals surface area contributed by atoms with Crippen molar-refractivity contribution in [3.05, 3.63) is 412 Å². The van der Waals surface area contributed by atoms with Crippen molar-refractivity contribution < 1.29 is 23.9 Å². The molecule has 18 nitrogen and oxygen atoms in total. The fourth-order valence-electron chi connectivity index (χ4n) is 16.5. The van der Waals surface area contributed by atoms with Gasteiger partial charge in [-0.25, -0.2) is 18.8 Å². The second kappa shape index (κ2) is 42.6. The molecule has 3 aliphatic carbocycles. The molecule has 666 valence electrons. The van der Waals surface area contributed by atoms with Crippen LogP contribution in [0.4, 0.5) is 21.9 Å². The molecule has 3 unspecified atom stereocenters. The normalized spacial score (nSPS) is 13.5. The Morgan fingerprint density at radius 1 is 0.374 bits per heavy atom. The molecule has 0 spiro atoms. The Balaban J connectivity index is 0.000000151. The molecule has 3 aromatic heterocycles. The van der Waals surface area contributed by atoms with Crippen LogP contribution >= 0.6 is 12.4 Å². The van der Waals surface area contributed by atoms with Crippen molar-refractivity contribution in [1.29, 1.82) is 0 Å². The van der Waals surface area contributed by atoms with Crippen LogP contribution in [-0.4, -0.2) is 83.3 Å². The highest BCUT2D eigenvalue weighted by Crippen LogP contribution is 2.40. The minimum Gasteiger partial charge on any atom is -0.444 e. The molecule has 15 aromatic rings. The topological polar surface area (TPSA) is 220 Å². The van der Waals surface area contributed by atoms with E-state index in [9.17, 15) is 19.2 Å². The first-order valence-electron chi connectivity index (χ1n) is 45.6. The van der Waals surface area contributed by atoms with Crippen molar-refractivity contribution in [3.63, 3.8) is 0 Å². The van der Waals surface area contributed by atoms with Gasteiger partial charge in [0.2, 0.25) is 0 Å². The summed E-state index contributed by atoms with van der Waals surface area (Å²) >= 11 is 0. The average Bonchev–Trinajstić information content (AvgIpc) is 1.78. The number of ether oxygens (including phenoxy) is 1. The van der Waals surface area contributed by atoms with Crippen LogP contribution in [0.25, 0.3) is 50.4 Å². The number of aryl methyl sites for hydroxylation is 5. The summed E-state index contributed by atoms with van der Waals surface area (Å²) in [6.45, 7) is 18.6. The van der Waals surface area contributed by atoms with Crippen LogP contribution in [0.1, 0.15) is 190 Å². The van der Waals surface area contributed by atoms with E-state index in [-0.39, 0.29) is 48.3 Å². The Hall–Kier alpha value is -13.9. The zero-order valence-electron chi connectivity index (χ0n) is 75.8. The van der Waals surface area contributed by atoms with Gasteiger partial charge in [0, 0.05) is 30.2 Å². The van der Waals surface area contributed by atoms with E-state index in [1.165, 1.54) is 70.2 Å². The quantitative estimate of drug-likeness (QED) is 0.0249. The lowest BCUT2D eigenvalue weighted by Crippen LogP contribution is -2.41. The predicted molar refractivity (Wildman–Crippen MR) is 530 cm³/mol. The molecule has 4 amide bonds. The van der Waals surface area contributed by atoms with E-state index in [0.717, 1.165) is 135 Å². The number of benzene rings is 12. The zero-order valence-corrected chi connectivity index (χ0v) is 76.6. The minimum atomic E-state index is -0.645. The van der Waals surface area contributed by atoms with Crippen LogP contribution < -0.4 is 32.3 Å². The van der Waals surface area contributed by atoms with Crippen LogP contribution in [0.2, 0.25) is 0 Å². The van der Waals surface area contributed by atoms with Gasteiger partial charge in [0.15, 0.2) is 0 Å². The average molecular weight is 1760 g/mol. The molecule has 131 heavy (non-hydrogen) atoms. The first-order chi connectivity index (χ1) is 63.2. The molecule has 0 bridgehead atoms. The van der Waals surface area contributed by atoms with Gasteiger partial charge in [-0.05, 0) is 298 Å². The maximum atomic E-state index is 13.9. The van der Waals surface area contributed by atoms with Crippen molar-refractivity contribution in [1.82, 2.24) is 44.9 Å². The molecule has 3 aliphatic rings. The van der Waals surface area contributed by atoms with Gasteiger partial charge in [-0.1, -0.05) is 250 Å². The monoisotopic (exact) mass is 1760 g/mol. The third kappa shape index (κ3) is 24.2. The number of carbonyl (C=O) groups is 4. The number of nitrogens with one attached hydrogen (secondary N) is 5. The molecule has 3 saturated carbocycles. The highest BCUT2D eigenvalue weighted by atomic mass is 35.5. The summed E-state index contributed by atoms with van der Waals surface area (Å²) in [5.41, 5.74) is 30.5. The van der Waals surface area contributed by atoms with Crippen LogP contribution in [0.5, 0.6) is 0 Å². The molecule has 3 fully saturated rings. The molecular weight excluding hydrogens is 1640 g/mol. The second-order valence-corrected chi connectivity index (χ2v) is 35.4. The number of rotatable bonds is 30. The van der Waals surface area contributed by atoms with Gasteiger partial charge in [-0.3, -0.25) is 19.3 Å². The summed E-state index contributed by atoms with van der Waals surface area (Å²) in [5, 5.41) is 30.8. The van der Waals surface area contributed by atoms with Gasteiger partial charge in [-0.15, -0.1) is 12.4 Å². The number of nitrogens with zero attached hydrogens (tertiary/aromatic N) is 7. The number of anilines is 3. The maximum absolute atomic E-state index is 13.9. The Morgan fingerprint density at radius 3 is 1.04 bits per heavy atom. The van der Waals surface area contributed by atoms with Crippen LogP contribution in [-0.2, 0) is 24.1 Å². The van der Waals surface area contributed by atoms with Gasteiger partial charge >= 0.3 is 6.09 Å². The molecule has 0 aliphatic heterocycles. The van der Waals surface area contributed by atoms with Crippen molar-refractivity contribution in [2.24, 2.45) is 23.5 Å². The van der Waals surface area contributed by atoms with Gasteiger partial charge < -0.3 is 37.1 Å². The lowest BCUT2D eigenvalue weighted by Gasteiger charge is -2.34. The summed E-state index contributed by atoms with van der Waals surface area (Å²) in [7, 11) is 0. The third-order valence-electron chi connectivity index (χ3n) is 23.9. The summed E-state index contributed by atoms with van der Waals surface area (Å²) in [6, 6.07) is 110. The first kappa shape index (κ1) is 91.9. The van der Waals surface area contributed by atoms with E-state index in [1.807, 2.05) is 186 Å². The van der Waals surface area contributed by atoms with Gasteiger partial charge in [0.1, 0.15) is 22.7 Å². The summed E-state index contributed by atoms with van der Waals surface area (Å²) in [5.74, 6) is 1.26. The van der Waals surface area contributed by atoms with Crippen molar-refractivity contribution in [3.8, 4) is 50.4 Å². The Bertz CT molecular complexity index is 6140. The van der Waals surface area contributed by atoms with E-state index < -0.39 is 11.6 Å². The molecule has 3 atom stereocenters. The SMILES string of the molecule is CCc1cccc(-n2nc(C)cc2C(=O)Nc2cccc(C(NCC3CC3)c3ccc(-c4ccccc4)cc3)c2)c1.CCc1cccc(-n2nc(C)cc2C(=O)Nc2cccc(C(c3ccc(-c4ccccc4)cc3)N(CC3CC3)C(=O)OC(C)(C)C)c2)c1.Cc1cc(C(=O)Nc2cccc(C(NCC3CC3)c3ccc(-c4ccccc4)cc3)c2)n(-c2cccc(CN)c2)n1.Cl. The molecule has 3 heterocycles. The van der Waals surface area contributed by atoms with E-state index in [1.54, 1.807) is 20.1 Å². The molecule has 19 heteroatoms. The number of hydrogen-bond acceptors (Lipinski definition) is 11. The van der Waals surface area contributed by atoms with E-state index in [2.05, 4.69) is 238 Å². The van der Waals surface area contributed by atoms with Gasteiger partial charge in [-0.2, -0.15) is 15.3 Å². The van der Waals surface area contributed by atoms with Gasteiger partial charge in [0.05, 0.1) is 52.3 Å². The maximum Gasteiger partial charge on any atom is 0.411 e. The van der Waals surface area contributed by atoms with E-state index in [0.29, 0.717) is 41.8 Å². The van der Waals surface area contributed by atoms with Crippen LogP contribution in [0.15, 0.2) is 328 Å². The fourth-order valence-corrected chi connectivity index (χ4v) is 16.5. The zero-order chi connectivity index (χ0) is 90.2. The van der Waals surface area contributed by atoms with Crippen LogP contribution in [0, 0.1) is 38.5 Å². The number of amides is 4. The Labute approximate surface area is 775 Å². The van der Waals surface area contributed by atoms with Crippen molar-refractivity contribution >= 4 is 53.3 Å². The fraction of sp³-hybridized carbons (Fsp3) is 0.241. The smallest absolute Gasteiger partial charge is 0.411 e. The molecule has 12 aromatic carbocycles. The number of nitrogens with two attached hydrogens (primary N) is 1. The standard InChI is InChI=1S/C41H44N4O3.C36H36N4O.C35H35N5O.ClH/c1-6-29-12-10-17-36(25-29)45-37(24-28(2)43-45)39(46)42-35-16-11-15-34(26-35)38(44(27-30-18-19-30)40(47)48-41(3,4)5)33-22-20-32(21-23-33)31-13-8-7-9-14-31;1-3-26-9-7-14-33(22-26)40-34(21-25(2)39-40)36(41)38-32-13-8-12-31(23-32)35(37-24-27-15-16-27)30-19-17-29(18-20-30)28-10-5-4-6-11-28;1-24-19-33(40(39-24)32-12-5-7-26(20-32)22-36)35(41)38-31-11-6-10-30(21-31)34(37-23-25-13-14-25)29-17-15-28(16-18-29)27-8-3-2-4-9-27;/h7-17,20-26,30,38H,6,18-19,27H2,1-5H3,(H,42,46);4-14,17-23,27,35,37H,3,15-16,24H2,1-2H3,(H,38,41);2-12,15-21,25,34,37H,13-14,22-23,36H2,1H3,(H,38,41);1H. The number of halogens is 1. The molecule has 7 N–H and O–H groups in total. The van der Waals surface area contributed by atoms with Crippen molar-refractivity contribution in [2.45, 2.75) is 137 Å². The summed E-state index contributed by atoms with van der Waals surface area (Å²) in [6.07, 6.45) is 8.77. The number of hydrogen-bond donors (Lipinski definition) is 6. The number of carbonyl (C=O) groups excluding carboxylic acids is 4. The summed E-state index contributed by atoms with van der Waals surface area (Å²) < 4.78 is 11.1. The van der Waals surface area contributed by atoms with E-state index >= 15 is 0 Å². The number of aromatic nitrogens is 6. The molecule has 0 saturated heterocycles. The lowest BCUT2D eigenvalue weighted by atomic mass is 9.94. The van der Waals surface area contributed by atoms with E-state index in [4.69, 9.17) is 10.5 Å².